The minimum Gasteiger partial charge on any atom is -0.465 e. The summed E-state index contributed by atoms with van der Waals surface area (Å²) in [6.07, 6.45) is 5.36. The van der Waals surface area contributed by atoms with Crippen molar-refractivity contribution in [3.8, 4) is 0 Å². The highest BCUT2D eigenvalue weighted by Crippen LogP contribution is 2.35. The molecular formula is C13H21FN2O. The first kappa shape index (κ1) is 12.4. The number of amidine groups is 1. The SMILES string of the molecule is CCCCCCOC1=NC(CC)=C(F)C2CN12. The van der Waals surface area contributed by atoms with Crippen LogP contribution < -0.4 is 0 Å². The molecule has 1 atom stereocenters. The van der Waals surface area contributed by atoms with Gasteiger partial charge in [0.25, 0.3) is 6.02 Å². The Balaban J connectivity index is 1.81. The van der Waals surface area contributed by atoms with Gasteiger partial charge >= 0.3 is 0 Å². The molecule has 2 aliphatic rings. The van der Waals surface area contributed by atoms with Gasteiger partial charge in [0.15, 0.2) is 0 Å². The van der Waals surface area contributed by atoms with Crippen molar-refractivity contribution in [2.75, 3.05) is 13.2 Å². The predicted octanol–water partition coefficient (Wildman–Crippen LogP) is 3.23. The van der Waals surface area contributed by atoms with Gasteiger partial charge in [0, 0.05) is 0 Å². The number of allylic oxidation sites excluding steroid dienone is 1. The van der Waals surface area contributed by atoms with Crippen molar-refractivity contribution in [1.29, 1.82) is 0 Å². The van der Waals surface area contributed by atoms with Gasteiger partial charge in [-0.05, 0) is 12.8 Å². The number of ether oxygens (including phenoxy) is 1. The fraction of sp³-hybridized carbons (Fsp3) is 0.769. The molecule has 0 N–H and O–H groups in total. The molecule has 0 aromatic heterocycles. The van der Waals surface area contributed by atoms with E-state index >= 15 is 0 Å². The summed E-state index contributed by atoms with van der Waals surface area (Å²) in [4.78, 5) is 6.13. The van der Waals surface area contributed by atoms with Crippen molar-refractivity contribution in [2.45, 2.75) is 52.0 Å². The van der Waals surface area contributed by atoms with Crippen molar-refractivity contribution < 1.29 is 9.13 Å². The Morgan fingerprint density at radius 1 is 1.35 bits per heavy atom. The zero-order valence-electron chi connectivity index (χ0n) is 10.7. The first-order valence-electron chi connectivity index (χ1n) is 6.64. The van der Waals surface area contributed by atoms with E-state index in [-0.39, 0.29) is 11.9 Å². The van der Waals surface area contributed by atoms with Crippen LogP contribution in [0.4, 0.5) is 4.39 Å². The molecule has 3 nitrogen and oxygen atoms in total. The Morgan fingerprint density at radius 2 is 2.18 bits per heavy atom. The highest BCUT2D eigenvalue weighted by atomic mass is 19.1. The van der Waals surface area contributed by atoms with Gasteiger partial charge < -0.3 is 9.64 Å². The van der Waals surface area contributed by atoms with Crippen LogP contribution in [0.5, 0.6) is 0 Å². The van der Waals surface area contributed by atoms with Crippen molar-refractivity contribution in [3.63, 3.8) is 0 Å². The van der Waals surface area contributed by atoms with E-state index in [0.29, 0.717) is 24.7 Å². The Morgan fingerprint density at radius 3 is 2.88 bits per heavy atom. The zero-order valence-corrected chi connectivity index (χ0v) is 10.7. The molecule has 1 fully saturated rings. The molecule has 0 radical (unpaired) electrons. The molecule has 2 heterocycles. The molecule has 0 saturated carbocycles. The quantitative estimate of drug-likeness (QED) is 0.526. The molecule has 0 aromatic rings. The molecule has 4 heteroatoms. The van der Waals surface area contributed by atoms with Crippen molar-refractivity contribution >= 4 is 6.02 Å². The van der Waals surface area contributed by atoms with Crippen LogP contribution >= 0.6 is 0 Å². The Bertz CT molecular complexity index is 338. The smallest absolute Gasteiger partial charge is 0.293 e. The van der Waals surface area contributed by atoms with E-state index in [2.05, 4.69) is 11.9 Å². The molecular weight excluding hydrogens is 219 g/mol. The van der Waals surface area contributed by atoms with Crippen LogP contribution in [0.25, 0.3) is 0 Å². The summed E-state index contributed by atoms with van der Waals surface area (Å²) >= 11 is 0. The van der Waals surface area contributed by atoms with Crippen molar-refractivity contribution in [3.05, 3.63) is 11.5 Å². The first-order chi connectivity index (χ1) is 8.27. The fourth-order valence-corrected chi connectivity index (χ4v) is 2.05. The van der Waals surface area contributed by atoms with Gasteiger partial charge in [-0.25, -0.2) is 4.39 Å². The maximum absolute atomic E-state index is 13.6. The predicted molar refractivity (Wildman–Crippen MR) is 66.4 cm³/mol. The van der Waals surface area contributed by atoms with E-state index in [0.717, 1.165) is 13.0 Å². The Hall–Kier alpha value is -1.06. The van der Waals surface area contributed by atoms with E-state index in [1.165, 1.54) is 19.3 Å². The average molecular weight is 240 g/mol. The van der Waals surface area contributed by atoms with E-state index in [1.54, 1.807) is 0 Å². The van der Waals surface area contributed by atoms with Gasteiger partial charge in [-0.3, -0.25) is 0 Å². The lowest BCUT2D eigenvalue weighted by Crippen LogP contribution is -2.22. The number of hydrogen-bond donors (Lipinski definition) is 0. The summed E-state index contributed by atoms with van der Waals surface area (Å²) in [6, 6.07) is 0.554. The maximum atomic E-state index is 13.6. The lowest BCUT2D eigenvalue weighted by molar-refractivity contribution is 0.258. The van der Waals surface area contributed by atoms with E-state index in [1.807, 2.05) is 11.8 Å². The summed E-state index contributed by atoms with van der Waals surface area (Å²) in [6.45, 7) is 5.53. The summed E-state index contributed by atoms with van der Waals surface area (Å²) in [5.41, 5.74) is 0.562. The minimum atomic E-state index is -0.0758. The van der Waals surface area contributed by atoms with Gasteiger partial charge in [-0.15, -0.1) is 0 Å². The lowest BCUT2D eigenvalue weighted by atomic mass is 10.2. The second-order valence-electron chi connectivity index (χ2n) is 4.62. The highest BCUT2D eigenvalue weighted by Gasteiger charge is 2.45. The third kappa shape index (κ3) is 2.79. The third-order valence-corrected chi connectivity index (χ3v) is 3.22. The first-order valence-corrected chi connectivity index (χ1v) is 6.64. The number of rotatable bonds is 6. The van der Waals surface area contributed by atoms with Crippen LogP contribution in [0.1, 0.15) is 46.0 Å². The molecule has 17 heavy (non-hydrogen) atoms. The van der Waals surface area contributed by atoms with Gasteiger partial charge in [-0.2, -0.15) is 4.99 Å². The normalized spacial score (nSPS) is 22.4. The van der Waals surface area contributed by atoms with Gasteiger partial charge in [0.05, 0.1) is 18.8 Å². The van der Waals surface area contributed by atoms with E-state index in [9.17, 15) is 4.39 Å². The number of aliphatic imine (C=N–C) groups is 1. The molecule has 0 aromatic carbocycles. The van der Waals surface area contributed by atoms with Crippen LogP contribution in [-0.4, -0.2) is 30.1 Å². The second kappa shape index (κ2) is 5.52. The summed E-state index contributed by atoms with van der Waals surface area (Å²) in [7, 11) is 0. The number of halogens is 1. The lowest BCUT2D eigenvalue weighted by Gasteiger charge is -2.16. The molecule has 2 aliphatic heterocycles. The van der Waals surface area contributed by atoms with Gasteiger partial charge in [-0.1, -0.05) is 33.1 Å². The Kier molecular flexibility index (Phi) is 4.02. The molecule has 0 spiro atoms. The Labute approximate surface area is 102 Å². The highest BCUT2D eigenvalue weighted by molar-refractivity contribution is 5.80. The molecule has 96 valence electrons. The van der Waals surface area contributed by atoms with Crippen molar-refractivity contribution in [2.24, 2.45) is 4.99 Å². The van der Waals surface area contributed by atoms with Crippen LogP contribution in [0, 0.1) is 0 Å². The molecule has 1 saturated heterocycles. The third-order valence-electron chi connectivity index (χ3n) is 3.22. The standard InChI is InChI=1S/C13H21FN2O/c1-3-5-6-7-8-17-13-15-10(4-2)12(14)11-9-16(11)13/h11H,3-9H2,1-2H3. The van der Waals surface area contributed by atoms with E-state index < -0.39 is 0 Å². The summed E-state index contributed by atoms with van der Waals surface area (Å²) < 4.78 is 19.3. The molecule has 0 amide bonds. The summed E-state index contributed by atoms with van der Waals surface area (Å²) in [5.74, 6) is -0.0640. The molecule has 0 bridgehead atoms. The largest absolute Gasteiger partial charge is 0.465 e. The second-order valence-corrected chi connectivity index (χ2v) is 4.62. The van der Waals surface area contributed by atoms with Gasteiger partial charge in [0.2, 0.25) is 0 Å². The monoisotopic (exact) mass is 240 g/mol. The van der Waals surface area contributed by atoms with E-state index in [4.69, 9.17) is 4.74 Å². The maximum Gasteiger partial charge on any atom is 0.293 e. The number of unbranched alkanes of at least 4 members (excludes halogenated alkanes) is 3. The van der Waals surface area contributed by atoms with Crippen LogP contribution in [0.2, 0.25) is 0 Å². The fourth-order valence-electron chi connectivity index (χ4n) is 2.05. The average Bonchev–Trinajstić information content (AvgIpc) is 3.12. The molecule has 2 rings (SSSR count). The number of fused-ring (bicyclic) bond motifs is 1. The minimum absolute atomic E-state index is 0.0640. The van der Waals surface area contributed by atoms with Crippen molar-refractivity contribution in [1.82, 2.24) is 4.90 Å². The van der Waals surface area contributed by atoms with Crippen LogP contribution in [0.3, 0.4) is 0 Å². The van der Waals surface area contributed by atoms with Crippen LogP contribution in [0.15, 0.2) is 16.5 Å². The summed E-state index contributed by atoms with van der Waals surface area (Å²) in [5, 5.41) is 0. The number of nitrogens with zero attached hydrogens (tertiary/aromatic N) is 2. The number of hydrogen-bond acceptors (Lipinski definition) is 3. The molecule has 0 aliphatic carbocycles. The topological polar surface area (TPSA) is 24.6 Å². The zero-order chi connectivity index (χ0) is 12.3. The van der Waals surface area contributed by atoms with Gasteiger partial charge in [0.1, 0.15) is 11.9 Å². The molecule has 1 unspecified atom stereocenters. The van der Waals surface area contributed by atoms with Crippen LogP contribution in [-0.2, 0) is 4.74 Å².